The summed E-state index contributed by atoms with van der Waals surface area (Å²) in [7, 11) is 0. The zero-order valence-electron chi connectivity index (χ0n) is 7.42. The number of nitrogens with one attached hydrogen (secondary N) is 1. The SMILES string of the molecule is Clc1cccc2c1[nH]c1ccccc12. The van der Waals surface area contributed by atoms with Gasteiger partial charge in [0, 0.05) is 16.3 Å². The molecule has 0 amide bonds. The summed E-state index contributed by atoms with van der Waals surface area (Å²) in [5.41, 5.74) is 2.16. The van der Waals surface area contributed by atoms with Crippen molar-refractivity contribution in [3.63, 3.8) is 0 Å². The van der Waals surface area contributed by atoms with E-state index in [1.165, 1.54) is 10.8 Å². The summed E-state index contributed by atoms with van der Waals surface area (Å²) < 4.78 is 0. The average molecular weight is 202 g/mol. The first kappa shape index (κ1) is 7.89. The first-order chi connectivity index (χ1) is 6.86. The summed E-state index contributed by atoms with van der Waals surface area (Å²) in [5.74, 6) is 0. The van der Waals surface area contributed by atoms with Crippen LogP contribution in [0.3, 0.4) is 0 Å². The molecule has 0 unspecified atom stereocenters. The van der Waals surface area contributed by atoms with Gasteiger partial charge in [-0.3, -0.25) is 0 Å². The fourth-order valence-corrected chi connectivity index (χ4v) is 2.06. The van der Waals surface area contributed by atoms with Gasteiger partial charge in [-0.15, -0.1) is 0 Å². The first-order valence-corrected chi connectivity index (χ1v) is 4.89. The Morgan fingerprint density at radius 1 is 0.857 bits per heavy atom. The lowest BCUT2D eigenvalue weighted by Crippen LogP contribution is -1.68. The number of benzene rings is 2. The maximum absolute atomic E-state index is 6.10. The molecule has 0 aliphatic heterocycles. The third kappa shape index (κ3) is 0.962. The molecular formula is C12H8ClN. The van der Waals surface area contributed by atoms with Gasteiger partial charge in [0.25, 0.3) is 0 Å². The Morgan fingerprint density at radius 2 is 1.64 bits per heavy atom. The molecule has 0 spiro atoms. The van der Waals surface area contributed by atoms with Crippen LogP contribution in [-0.2, 0) is 0 Å². The molecule has 3 aromatic rings. The fraction of sp³-hybridized carbons (Fsp3) is 0. The van der Waals surface area contributed by atoms with E-state index in [0.29, 0.717) is 0 Å². The Hall–Kier alpha value is -1.47. The maximum atomic E-state index is 6.10. The number of halogens is 1. The quantitative estimate of drug-likeness (QED) is 0.567. The van der Waals surface area contributed by atoms with Crippen LogP contribution in [0.5, 0.6) is 0 Å². The second-order valence-electron chi connectivity index (χ2n) is 3.33. The van der Waals surface area contributed by atoms with Crippen molar-refractivity contribution in [2.24, 2.45) is 0 Å². The summed E-state index contributed by atoms with van der Waals surface area (Å²) in [5, 5.41) is 3.19. The minimum atomic E-state index is 0.777. The predicted molar refractivity (Wildman–Crippen MR) is 60.8 cm³/mol. The number of fused-ring (bicyclic) bond motifs is 3. The van der Waals surface area contributed by atoms with Crippen molar-refractivity contribution in [2.45, 2.75) is 0 Å². The Morgan fingerprint density at radius 3 is 2.57 bits per heavy atom. The lowest BCUT2D eigenvalue weighted by molar-refractivity contribution is 1.55. The number of hydrogen-bond donors (Lipinski definition) is 1. The molecule has 0 aliphatic carbocycles. The van der Waals surface area contributed by atoms with Crippen molar-refractivity contribution < 1.29 is 0 Å². The lowest BCUT2D eigenvalue weighted by atomic mass is 10.2. The smallest absolute Gasteiger partial charge is 0.0654 e. The molecule has 2 aromatic carbocycles. The molecule has 1 N–H and O–H groups in total. The largest absolute Gasteiger partial charge is 0.353 e. The summed E-state index contributed by atoms with van der Waals surface area (Å²) >= 11 is 6.10. The molecule has 1 aromatic heterocycles. The molecule has 0 aliphatic rings. The molecule has 1 nitrogen and oxygen atoms in total. The third-order valence-corrected chi connectivity index (χ3v) is 2.81. The van der Waals surface area contributed by atoms with Crippen LogP contribution in [0, 0.1) is 0 Å². The molecule has 1 heterocycles. The summed E-state index contributed by atoms with van der Waals surface area (Å²) in [6.45, 7) is 0. The summed E-state index contributed by atoms with van der Waals surface area (Å²) in [6, 6.07) is 14.2. The van der Waals surface area contributed by atoms with E-state index in [1.54, 1.807) is 0 Å². The molecule has 0 radical (unpaired) electrons. The van der Waals surface area contributed by atoms with E-state index < -0.39 is 0 Å². The number of hydrogen-bond acceptors (Lipinski definition) is 0. The summed E-state index contributed by atoms with van der Waals surface area (Å²) in [4.78, 5) is 3.31. The van der Waals surface area contributed by atoms with Crippen LogP contribution in [0.1, 0.15) is 0 Å². The van der Waals surface area contributed by atoms with Crippen LogP contribution >= 0.6 is 11.6 Å². The minimum Gasteiger partial charge on any atom is -0.353 e. The van der Waals surface area contributed by atoms with Gasteiger partial charge < -0.3 is 4.98 Å². The van der Waals surface area contributed by atoms with Gasteiger partial charge in [-0.2, -0.15) is 0 Å². The second kappa shape index (κ2) is 2.76. The van der Waals surface area contributed by atoms with Crippen LogP contribution in [0.2, 0.25) is 5.02 Å². The number of H-pyrrole nitrogens is 1. The molecule has 3 rings (SSSR count). The third-order valence-electron chi connectivity index (χ3n) is 2.49. The van der Waals surface area contributed by atoms with Crippen molar-refractivity contribution in [3.8, 4) is 0 Å². The zero-order valence-corrected chi connectivity index (χ0v) is 8.18. The van der Waals surface area contributed by atoms with Crippen molar-refractivity contribution in [1.29, 1.82) is 0 Å². The van der Waals surface area contributed by atoms with Crippen molar-refractivity contribution in [3.05, 3.63) is 47.5 Å². The molecule has 0 bridgehead atoms. The Bertz CT molecular complexity index is 610. The highest BCUT2D eigenvalue weighted by Gasteiger charge is 2.04. The van der Waals surface area contributed by atoms with Crippen molar-refractivity contribution in [2.75, 3.05) is 0 Å². The Labute approximate surface area is 86.3 Å². The van der Waals surface area contributed by atoms with Crippen LogP contribution < -0.4 is 0 Å². The summed E-state index contributed by atoms with van der Waals surface area (Å²) in [6.07, 6.45) is 0. The van der Waals surface area contributed by atoms with Gasteiger partial charge in [0.15, 0.2) is 0 Å². The van der Waals surface area contributed by atoms with Crippen molar-refractivity contribution in [1.82, 2.24) is 4.98 Å². The lowest BCUT2D eigenvalue weighted by Gasteiger charge is -1.91. The van der Waals surface area contributed by atoms with Gasteiger partial charge in [-0.1, -0.05) is 41.9 Å². The number of rotatable bonds is 0. The Balaban J connectivity index is 2.63. The maximum Gasteiger partial charge on any atom is 0.0654 e. The first-order valence-electron chi connectivity index (χ1n) is 4.51. The standard InChI is InChI=1S/C12H8ClN/c13-10-6-3-5-9-8-4-1-2-7-11(8)14-12(9)10/h1-7,14H. The van der Waals surface area contributed by atoms with Gasteiger partial charge in [0.05, 0.1) is 10.5 Å². The zero-order chi connectivity index (χ0) is 9.54. The van der Waals surface area contributed by atoms with E-state index in [9.17, 15) is 0 Å². The molecule has 0 saturated carbocycles. The normalized spacial score (nSPS) is 11.2. The molecule has 2 heteroatoms. The van der Waals surface area contributed by atoms with Crippen LogP contribution in [0.15, 0.2) is 42.5 Å². The van der Waals surface area contributed by atoms with Crippen LogP contribution in [-0.4, -0.2) is 4.98 Å². The number of aromatic nitrogens is 1. The highest BCUT2D eigenvalue weighted by molar-refractivity contribution is 6.36. The fourth-order valence-electron chi connectivity index (χ4n) is 1.84. The highest BCUT2D eigenvalue weighted by atomic mass is 35.5. The molecule has 68 valence electrons. The topological polar surface area (TPSA) is 15.8 Å². The van der Waals surface area contributed by atoms with Gasteiger partial charge in [0.1, 0.15) is 0 Å². The van der Waals surface area contributed by atoms with Crippen molar-refractivity contribution >= 4 is 33.4 Å². The molecule has 14 heavy (non-hydrogen) atoms. The van der Waals surface area contributed by atoms with E-state index in [2.05, 4.69) is 23.2 Å². The van der Waals surface area contributed by atoms with Crippen LogP contribution in [0.25, 0.3) is 21.8 Å². The van der Waals surface area contributed by atoms with Gasteiger partial charge in [0.2, 0.25) is 0 Å². The minimum absolute atomic E-state index is 0.777. The monoisotopic (exact) mass is 201 g/mol. The van der Waals surface area contributed by atoms with E-state index in [1.807, 2.05) is 24.3 Å². The molecular weight excluding hydrogens is 194 g/mol. The number of para-hydroxylation sites is 2. The van der Waals surface area contributed by atoms with Gasteiger partial charge in [-0.25, -0.2) is 0 Å². The van der Waals surface area contributed by atoms with Crippen LogP contribution in [0.4, 0.5) is 0 Å². The van der Waals surface area contributed by atoms with Gasteiger partial charge >= 0.3 is 0 Å². The second-order valence-corrected chi connectivity index (χ2v) is 3.74. The number of aromatic amines is 1. The molecule has 0 atom stereocenters. The van der Waals surface area contributed by atoms with E-state index >= 15 is 0 Å². The van der Waals surface area contributed by atoms with E-state index in [0.717, 1.165) is 16.1 Å². The highest BCUT2D eigenvalue weighted by Crippen LogP contribution is 2.29. The predicted octanol–water partition coefficient (Wildman–Crippen LogP) is 3.97. The average Bonchev–Trinajstić information content (AvgIpc) is 2.59. The van der Waals surface area contributed by atoms with E-state index in [-0.39, 0.29) is 0 Å². The molecule has 0 fully saturated rings. The Kier molecular flexibility index (Phi) is 1.55. The molecule has 0 saturated heterocycles. The van der Waals surface area contributed by atoms with Gasteiger partial charge in [-0.05, 0) is 12.1 Å². The van der Waals surface area contributed by atoms with E-state index in [4.69, 9.17) is 11.6 Å².